The van der Waals surface area contributed by atoms with Crippen molar-refractivity contribution in [1.82, 2.24) is 0 Å². The third-order valence-electron chi connectivity index (χ3n) is 1.62. The van der Waals surface area contributed by atoms with E-state index in [-0.39, 0.29) is 0 Å². The Balaban J connectivity index is 3.06. The molecule has 0 N–H and O–H groups in total. The van der Waals surface area contributed by atoms with Gasteiger partial charge in [0, 0.05) is 11.5 Å². The predicted molar refractivity (Wildman–Crippen MR) is 52.2 cm³/mol. The van der Waals surface area contributed by atoms with Gasteiger partial charge in [0.05, 0.1) is 0 Å². The van der Waals surface area contributed by atoms with Crippen LogP contribution in [0.5, 0.6) is 0 Å². The molecule has 0 aliphatic heterocycles. The molecule has 1 heteroatoms. The Morgan fingerprint density at radius 1 is 1.27 bits per heavy atom. The first kappa shape index (κ1) is 8.66. The van der Waals surface area contributed by atoms with Gasteiger partial charge in [-0.25, -0.2) is 0 Å². The van der Waals surface area contributed by atoms with Crippen LogP contribution in [0.1, 0.15) is 31.2 Å². The van der Waals surface area contributed by atoms with Gasteiger partial charge in [0.15, 0.2) is 5.38 Å². The smallest absolute Gasteiger partial charge is 0.0512 e. The van der Waals surface area contributed by atoms with E-state index in [2.05, 4.69) is 45.2 Å². The molecule has 0 radical (unpaired) electrons. The van der Waals surface area contributed by atoms with E-state index in [1.807, 2.05) is 11.3 Å². The van der Waals surface area contributed by atoms with E-state index < -0.39 is 0 Å². The van der Waals surface area contributed by atoms with Crippen molar-refractivity contribution >= 4 is 11.3 Å². The SMILES string of the molecule is Cc1cc[s+]c(C(C)(C)C)c1. The first-order chi connectivity index (χ1) is 5.00. The molecule has 1 aromatic heterocycles. The maximum absolute atomic E-state index is 2.27. The summed E-state index contributed by atoms with van der Waals surface area (Å²) in [5.41, 5.74) is 1.66. The van der Waals surface area contributed by atoms with E-state index in [4.69, 9.17) is 0 Å². The quantitative estimate of drug-likeness (QED) is 0.517. The summed E-state index contributed by atoms with van der Waals surface area (Å²) in [7, 11) is 0. The van der Waals surface area contributed by atoms with Crippen LogP contribution in [0, 0.1) is 6.92 Å². The lowest BCUT2D eigenvalue weighted by atomic mass is 9.94. The van der Waals surface area contributed by atoms with Gasteiger partial charge in [0.2, 0.25) is 16.2 Å². The lowest BCUT2D eigenvalue weighted by molar-refractivity contribution is 0.603. The van der Waals surface area contributed by atoms with E-state index in [1.165, 1.54) is 10.4 Å². The largest absolute Gasteiger partial charge is 0.215 e. The van der Waals surface area contributed by atoms with E-state index >= 15 is 0 Å². The van der Waals surface area contributed by atoms with Crippen molar-refractivity contribution < 1.29 is 0 Å². The van der Waals surface area contributed by atoms with Gasteiger partial charge >= 0.3 is 0 Å². The molecule has 0 aromatic carbocycles. The fraction of sp³-hybridized carbons (Fsp3) is 0.500. The summed E-state index contributed by atoms with van der Waals surface area (Å²) in [5.74, 6) is 0. The van der Waals surface area contributed by atoms with Gasteiger partial charge in [-0.1, -0.05) is 20.8 Å². The van der Waals surface area contributed by atoms with Gasteiger partial charge in [-0.05, 0) is 18.6 Å². The fourth-order valence-corrected chi connectivity index (χ4v) is 1.93. The summed E-state index contributed by atoms with van der Waals surface area (Å²) >= 11 is 1.83. The molecule has 0 saturated heterocycles. The molecule has 0 aliphatic rings. The van der Waals surface area contributed by atoms with E-state index in [0.29, 0.717) is 5.41 Å². The second-order valence-electron chi connectivity index (χ2n) is 3.92. The van der Waals surface area contributed by atoms with Gasteiger partial charge in [-0.2, -0.15) is 0 Å². The molecule has 0 bridgehead atoms. The molecule has 0 aliphatic carbocycles. The zero-order valence-electron chi connectivity index (χ0n) is 7.64. The van der Waals surface area contributed by atoms with Gasteiger partial charge in [-0.15, -0.1) is 0 Å². The van der Waals surface area contributed by atoms with Crippen LogP contribution >= 0.6 is 11.3 Å². The third-order valence-corrected chi connectivity index (χ3v) is 2.88. The highest BCUT2D eigenvalue weighted by atomic mass is 32.1. The fourth-order valence-electron chi connectivity index (χ4n) is 0.897. The molecule has 60 valence electrons. The minimum Gasteiger partial charge on any atom is -0.0512 e. The van der Waals surface area contributed by atoms with Crippen molar-refractivity contribution in [2.45, 2.75) is 33.1 Å². The molecule has 0 atom stereocenters. The molecule has 0 nitrogen and oxygen atoms in total. The molecule has 0 amide bonds. The minimum atomic E-state index is 0.302. The lowest BCUT2D eigenvalue weighted by Gasteiger charge is -2.09. The summed E-state index contributed by atoms with van der Waals surface area (Å²) < 4.78 is 0. The van der Waals surface area contributed by atoms with E-state index in [9.17, 15) is 0 Å². The first-order valence-corrected chi connectivity index (χ1v) is 4.77. The monoisotopic (exact) mass is 167 g/mol. The molecule has 0 fully saturated rings. The summed E-state index contributed by atoms with van der Waals surface area (Å²) in [6.45, 7) is 8.89. The van der Waals surface area contributed by atoms with Crippen LogP contribution in [-0.4, -0.2) is 0 Å². The van der Waals surface area contributed by atoms with E-state index in [1.54, 1.807) is 0 Å². The molecule has 1 rings (SSSR count). The Bertz CT molecular complexity index is 245. The molecule has 1 aromatic rings. The number of aryl methyl sites for hydroxylation is 1. The molecular weight excluding hydrogens is 152 g/mol. The molecule has 0 unspecified atom stereocenters. The molecule has 0 spiro atoms. The van der Waals surface area contributed by atoms with Crippen LogP contribution in [-0.2, 0) is 5.41 Å². The second kappa shape index (κ2) is 2.90. The maximum atomic E-state index is 2.27. The van der Waals surface area contributed by atoms with Crippen molar-refractivity contribution in [3.8, 4) is 0 Å². The summed E-state index contributed by atoms with van der Waals surface area (Å²) in [6, 6.07) is 4.42. The number of rotatable bonds is 0. The Kier molecular flexibility index (Phi) is 2.28. The Labute approximate surface area is 72.9 Å². The van der Waals surface area contributed by atoms with Crippen LogP contribution in [0.2, 0.25) is 0 Å². The van der Waals surface area contributed by atoms with Crippen LogP contribution in [0.3, 0.4) is 0 Å². The topological polar surface area (TPSA) is 0 Å². The zero-order valence-corrected chi connectivity index (χ0v) is 8.46. The zero-order chi connectivity index (χ0) is 8.48. The minimum absolute atomic E-state index is 0.302. The molecular formula is C10H15S+. The molecule has 11 heavy (non-hydrogen) atoms. The molecule has 0 saturated carbocycles. The van der Waals surface area contributed by atoms with E-state index in [0.717, 1.165) is 0 Å². The summed E-state index contributed by atoms with van der Waals surface area (Å²) in [4.78, 5) is 1.46. The number of hydrogen-bond donors (Lipinski definition) is 0. The predicted octanol–water partition coefficient (Wildman–Crippen LogP) is 3.64. The van der Waals surface area contributed by atoms with Gasteiger partial charge < -0.3 is 0 Å². The van der Waals surface area contributed by atoms with Gasteiger partial charge in [0.25, 0.3) is 0 Å². The van der Waals surface area contributed by atoms with Crippen LogP contribution < -0.4 is 0 Å². The highest BCUT2D eigenvalue weighted by Crippen LogP contribution is 2.26. The van der Waals surface area contributed by atoms with Gasteiger partial charge in [-0.3, -0.25) is 0 Å². The number of hydrogen-bond acceptors (Lipinski definition) is 0. The normalized spacial score (nSPS) is 11.6. The standard InChI is InChI=1S/C10H15S/c1-8-5-6-11-9(7-8)10(2,3)4/h5-7H,1-4H3/q+1. The van der Waals surface area contributed by atoms with Crippen molar-refractivity contribution in [1.29, 1.82) is 0 Å². The Hall–Kier alpha value is -0.430. The first-order valence-electron chi connectivity index (χ1n) is 3.89. The van der Waals surface area contributed by atoms with Crippen molar-refractivity contribution in [2.24, 2.45) is 0 Å². The maximum Gasteiger partial charge on any atom is 0.215 e. The van der Waals surface area contributed by atoms with Crippen LogP contribution in [0.4, 0.5) is 0 Å². The third kappa shape index (κ3) is 2.26. The van der Waals surface area contributed by atoms with Crippen molar-refractivity contribution in [3.05, 3.63) is 28.0 Å². The van der Waals surface area contributed by atoms with Gasteiger partial charge in [0.1, 0.15) is 0 Å². The summed E-state index contributed by atoms with van der Waals surface area (Å²) in [5, 5.41) is 2.16. The second-order valence-corrected chi connectivity index (χ2v) is 4.87. The Morgan fingerprint density at radius 3 is 2.27 bits per heavy atom. The highest BCUT2D eigenvalue weighted by Gasteiger charge is 2.22. The average molecular weight is 167 g/mol. The lowest BCUT2D eigenvalue weighted by Crippen LogP contribution is -2.09. The highest BCUT2D eigenvalue weighted by molar-refractivity contribution is 7.09. The summed E-state index contributed by atoms with van der Waals surface area (Å²) in [6.07, 6.45) is 0. The van der Waals surface area contributed by atoms with Crippen LogP contribution in [0.15, 0.2) is 17.5 Å². The van der Waals surface area contributed by atoms with Crippen molar-refractivity contribution in [2.75, 3.05) is 0 Å². The van der Waals surface area contributed by atoms with Crippen LogP contribution in [0.25, 0.3) is 0 Å². The average Bonchev–Trinajstić information content (AvgIpc) is 1.86. The molecule has 1 heterocycles. The Morgan fingerprint density at radius 2 is 1.91 bits per heavy atom. The van der Waals surface area contributed by atoms with Crippen molar-refractivity contribution in [3.63, 3.8) is 0 Å².